The summed E-state index contributed by atoms with van der Waals surface area (Å²) in [4.78, 5) is 9.45. The van der Waals surface area contributed by atoms with Gasteiger partial charge in [-0.25, -0.2) is 9.78 Å². The van der Waals surface area contributed by atoms with Crippen LogP contribution in [0.1, 0.15) is 6.42 Å². The molecule has 2 aliphatic rings. The lowest BCUT2D eigenvalue weighted by Crippen LogP contribution is -2.35. The van der Waals surface area contributed by atoms with Crippen molar-refractivity contribution < 1.29 is 9.78 Å². The summed E-state index contributed by atoms with van der Waals surface area (Å²) in [7, 11) is 0. The molecule has 0 aliphatic carbocycles. The summed E-state index contributed by atoms with van der Waals surface area (Å²) in [5.74, 6) is 1.20. The minimum atomic E-state index is 0.389. The van der Waals surface area contributed by atoms with E-state index >= 15 is 0 Å². The highest BCUT2D eigenvalue weighted by Crippen LogP contribution is 2.37. The first kappa shape index (κ1) is 4.18. The predicted molar refractivity (Wildman–Crippen MR) is 26.8 cm³/mol. The quantitative estimate of drug-likeness (QED) is 0.438. The molecular formula is C4H6O2S. The first-order chi connectivity index (χ1) is 3.47. The second-order valence-corrected chi connectivity index (χ2v) is 2.96. The van der Waals surface area contributed by atoms with Gasteiger partial charge in [-0.15, -0.1) is 11.8 Å². The van der Waals surface area contributed by atoms with Crippen LogP contribution in [0, 0.1) is 0 Å². The fourth-order valence-electron chi connectivity index (χ4n) is 0.799. The van der Waals surface area contributed by atoms with Gasteiger partial charge in [0.05, 0.1) is 0 Å². The van der Waals surface area contributed by atoms with E-state index in [1.54, 1.807) is 0 Å². The molecule has 2 unspecified atom stereocenters. The predicted octanol–water partition coefficient (Wildman–Crippen LogP) is 0.780. The lowest BCUT2D eigenvalue weighted by molar-refractivity contribution is -0.435. The van der Waals surface area contributed by atoms with Gasteiger partial charge in [-0.2, -0.15) is 0 Å². The third-order valence-electron chi connectivity index (χ3n) is 1.26. The standard InChI is InChI=1S/C4H6O2S/c1-2-7-4-3(1)5-6-4/h3-4H,1-2H2. The normalized spacial score (nSPS) is 48.0. The maximum absolute atomic E-state index is 4.73. The average molecular weight is 118 g/mol. The summed E-state index contributed by atoms with van der Waals surface area (Å²) in [6, 6.07) is 0. The van der Waals surface area contributed by atoms with E-state index in [-0.39, 0.29) is 0 Å². The molecule has 0 aromatic heterocycles. The van der Waals surface area contributed by atoms with Crippen LogP contribution in [0.5, 0.6) is 0 Å². The van der Waals surface area contributed by atoms with Crippen LogP contribution >= 0.6 is 11.8 Å². The Kier molecular flexibility index (Phi) is 0.818. The van der Waals surface area contributed by atoms with Crippen LogP contribution in [-0.4, -0.2) is 17.3 Å². The van der Waals surface area contributed by atoms with E-state index in [4.69, 9.17) is 9.78 Å². The van der Waals surface area contributed by atoms with Crippen LogP contribution < -0.4 is 0 Å². The SMILES string of the molecule is C1CC2OOC2S1. The Morgan fingerprint density at radius 2 is 2.43 bits per heavy atom. The van der Waals surface area contributed by atoms with Crippen LogP contribution in [0.4, 0.5) is 0 Å². The van der Waals surface area contributed by atoms with Crippen molar-refractivity contribution in [2.45, 2.75) is 18.0 Å². The smallest absolute Gasteiger partial charge is 0.168 e. The molecule has 7 heavy (non-hydrogen) atoms. The van der Waals surface area contributed by atoms with E-state index in [1.807, 2.05) is 11.8 Å². The van der Waals surface area contributed by atoms with Gasteiger partial charge in [0.15, 0.2) is 5.44 Å². The molecule has 2 heterocycles. The summed E-state index contributed by atoms with van der Waals surface area (Å²) in [5, 5.41) is 0. The van der Waals surface area contributed by atoms with Crippen LogP contribution in [0.2, 0.25) is 0 Å². The highest BCUT2D eigenvalue weighted by Gasteiger charge is 2.39. The van der Waals surface area contributed by atoms with Gasteiger partial charge in [-0.05, 0) is 12.2 Å². The van der Waals surface area contributed by atoms with E-state index in [1.165, 1.54) is 12.2 Å². The zero-order valence-corrected chi connectivity index (χ0v) is 4.61. The van der Waals surface area contributed by atoms with E-state index in [9.17, 15) is 0 Å². The molecule has 0 saturated carbocycles. The average Bonchev–Trinajstić information content (AvgIpc) is 1.85. The molecule has 3 heteroatoms. The molecule has 2 saturated heterocycles. The second-order valence-electron chi connectivity index (χ2n) is 1.76. The lowest BCUT2D eigenvalue weighted by Gasteiger charge is -2.26. The van der Waals surface area contributed by atoms with Gasteiger partial charge in [0, 0.05) is 0 Å². The van der Waals surface area contributed by atoms with Gasteiger partial charge in [0.1, 0.15) is 6.10 Å². The number of fused-ring (bicyclic) bond motifs is 1. The molecular weight excluding hydrogens is 112 g/mol. The fraction of sp³-hybridized carbons (Fsp3) is 1.00. The minimum absolute atomic E-state index is 0.389. The Bertz CT molecular complexity index is 75.8. The van der Waals surface area contributed by atoms with Crippen molar-refractivity contribution in [1.29, 1.82) is 0 Å². The number of rotatable bonds is 0. The Morgan fingerprint density at radius 1 is 1.43 bits per heavy atom. The second kappa shape index (κ2) is 1.37. The third kappa shape index (κ3) is 0.490. The zero-order chi connectivity index (χ0) is 4.69. The lowest BCUT2D eigenvalue weighted by atomic mass is 10.3. The molecule has 2 nitrogen and oxygen atoms in total. The van der Waals surface area contributed by atoms with Crippen LogP contribution in [-0.2, 0) is 9.78 Å². The molecule has 0 aromatic carbocycles. The number of thioether (sulfide) groups is 1. The Balaban J connectivity index is 2.03. The minimum Gasteiger partial charge on any atom is -0.228 e. The van der Waals surface area contributed by atoms with Crippen LogP contribution in [0.25, 0.3) is 0 Å². The maximum atomic E-state index is 4.73. The molecule has 0 amide bonds. The highest BCUT2D eigenvalue weighted by molar-refractivity contribution is 8.00. The fourth-order valence-corrected chi connectivity index (χ4v) is 1.90. The first-order valence-electron chi connectivity index (χ1n) is 2.40. The molecule has 2 fully saturated rings. The van der Waals surface area contributed by atoms with Gasteiger partial charge in [-0.1, -0.05) is 0 Å². The molecule has 0 radical (unpaired) electrons. The number of hydrogen-bond donors (Lipinski definition) is 0. The maximum Gasteiger partial charge on any atom is 0.168 e. The topological polar surface area (TPSA) is 18.5 Å². The third-order valence-corrected chi connectivity index (χ3v) is 2.44. The van der Waals surface area contributed by atoms with Gasteiger partial charge in [0.2, 0.25) is 0 Å². The molecule has 2 aliphatic heterocycles. The molecule has 2 atom stereocenters. The van der Waals surface area contributed by atoms with E-state index < -0.39 is 0 Å². The zero-order valence-electron chi connectivity index (χ0n) is 3.79. The summed E-state index contributed by atoms with van der Waals surface area (Å²) < 4.78 is 0. The highest BCUT2D eigenvalue weighted by atomic mass is 32.2. The molecule has 40 valence electrons. The van der Waals surface area contributed by atoms with Crippen LogP contribution in [0.15, 0.2) is 0 Å². The van der Waals surface area contributed by atoms with Gasteiger partial charge >= 0.3 is 0 Å². The van der Waals surface area contributed by atoms with Crippen molar-refractivity contribution in [3.8, 4) is 0 Å². The summed E-state index contributed by atoms with van der Waals surface area (Å²) in [5.41, 5.74) is 0.389. The monoisotopic (exact) mass is 118 g/mol. The van der Waals surface area contributed by atoms with E-state index in [0.29, 0.717) is 11.5 Å². The Labute approximate surface area is 46.1 Å². The summed E-state index contributed by atoms with van der Waals surface area (Å²) in [6.07, 6.45) is 1.61. The summed E-state index contributed by atoms with van der Waals surface area (Å²) >= 11 is 1.84. The van der Waals surface area contributed by atoms with Gasteiger partial charge in [-0.3, -0.25) is 0 Å². The van der Waals surface area contributed by atoms with Gasteiger partial charge in [0.25, 0.3) is 0 Å². The van der Waals surface area contributed by atoms with Crippen molar-refractivity contribution in [3.05, 3.63) is 0 Å². The van der Waals surface area contributed by atoms with Crippen molar-refractivity contribution in [1.82, 2.24) is 0 Å². The van der Waals surface area contributed by atoms with Crippen molar-refractivity contribution >= 4 is 11.8 Å². The Hall–Kier alpha value is 0.270. The molecule has 2 rings (SSSR count). The Morgan fingerprint density at radius 3 is 2.71 bits per heavy atom. The number of hydrogen-bond acceptors (Lipinski definition) is 3. The summed E-state index contributed by atoms with van der Waals surface area (Å²) in [6.45, 7) is 0. The van der Waals surface area contributed by atoms with E-state index in [2.05, 4.69) is 0 Å². The van der Waals surface area contributed by atoms with Crippen molar-refractivity contribution in [3.63, 3.8) is 0 Å². The van der Waals surface area contributed by atoms with Crippen LogP contribution in [0.3, 0.4) is 0 Å². The van der Waals surface area contributed by atoms with Gasteiger partial charge < -0.3 is 0 Å². The molecule has 0 aromatic rings. The molecule has 0 bridgehead atoms. The first-order valence-corrected chi connectivity index (χ1v) is 3.45. The van der Waals surface area contributed by atoms with Crippen molar-refractivity contribution in [2.24, 2.45) is 0 Å². The van der Waals surface area contributed by atoms with Crippen molar-refractivity contribution in [2.75, 3.05) is 5.75 Å². The molecule has 0 N–H and O–H groups in total. The molecule has 0 spiro atoms. The van der Waals surface area contributed by atoms with E-state index in [0.717, 1.165) is 0 Å². The largest absolute Gasteiger partial charge is 0.228 e.